The molecule has 0 bridgehead atoms. The van der Waals surface area contributed by atoms with Gasteiger partial charge in [-0.05, 0) is 0 Å². The molecule has 1 aliphatic heterocycles. The van der Waals surface area contributed by atoms with Crippen molar-refractivity contribution in [3.63, 3.8) is 0 Å². The third-order valence-corrected chi connectivity index (χ3v) is 17.4. The van der Waals surface area contributed by atoms with Gasteiger partial charge in [-0.15, -0.1) is 0 Å². The van der Waals surface area contributed by atoms with Crippen molar-refractivity contribution < 1.29 is 256 Å². The van der Waals surface area contributed by atoms with Crippen molar-refractivity contribution in [2.45, 2.75) is 203 Å². The summed E-state index contributed by atoms with van der Waals surface area (Å²) < 4.78 is 749. The van der Waals surface area contributed by atoms with Gasteiger partial charge in [-0.25, -0.2) is 87.8 Å². The molecule has 8 nitrogen and oxygen atoms in total. The average Bonchev–Trinajstić information content (AvgIpc) is 1.55. The van der Waals surface area contributed by atoms with Gasteiger partial charge in [0.1, 0.15) is 0 Å². The highest BCUT2D eigenvalue weighted by molar-refractivity contribution is 6.64. The van der Waals surface area contributed by atoms with Crippen molar-refractivity contribution >= 4 is 17.6 Å². The minimum atomic E-state index is -12.0. The van der Waals surface area contributed by atoms with Gasteiger partial charge in [-0.1, -0.05) is 13.8 Å². The third-order valence-electron chi connectivity index (χ3n) is 11.3. The lowest BCUT2D eigenvalue weighted by atomic mass is 10.0. The normalized spacial score (nSPS) is 23.8. The smallest absolute Gasteiger partial charge is 0.308 e. The summed E-state index contributed by atoms with van der Waals surface area (Å²) in [6, 6.07) is 0. The van der Waals surface area contributed by atoms with Crippen LogP contribution in [0.15, 0.2) is 0 Å². The lowest BCUT2D eigenvalue weighted by Crippen LogP contribution is -2.74. The van der Waals surface area contributed by atoms with Crippen LogP contribution in [0.3, 0.4) is 0 Å². The zero-order chi connectivity index (χ0) is 75.2. The second-order valence-electron chi connectivity index (χ2n) is 17.6. The molecule has 0 aliphatic carbocycles. The van der Waals surface area contributed by atoms with Crippen molar-refractivity contribution in [1.29, 1.82) is 0 Å². The van der Waals surface area contributed by atoms with E-state index >= 15 is 61.5 Å². The SMILES string of the molecule is CC(C1(F)OC(C(F)(F)F)(C(F)(F)F)OC1(F)C(C)[Si](OC(F)(F)C(F)(F)C(F)C(F)F)(OC(F)(F)C(F)(F)C(F)C(F)F)OC(F)(F)C(F)(F)C(F)C(F)F)[Si](OC(F)(F)C(F)(F)C(F)C(F)F)(OC(F)(F)C(F)(F)C(F)C(F)F)OC(F)(F)C(F)(F)C(F)C(F)F. The van der Waals surface area contributed by atoms with Crippen molar-refractivity contribution in [2.75, 3.05) is 0 Å². The summed E-state index contributed by atoms with van der Waals surface area (Å²) in [6.07, 6.45) is -152. The number of halogens is 50. The molecule has 1 saturated heterocycles. The maximum absolute atomic E-state index is 18.3. The highest BCUT2D eigenvalue weighted by atomic mass is 28.4. The lowest BCUT2D eigenvalue weighted by molar-refractivity contribution is -0.460. The van der Waals surface area contributed by atoms with E-state index in [0.29, 0.717) is 0 Å². The Balaban J connectivity index is 5.95. The second kappa shape index (κ2) is 26.4. The standard InChI is InChI=1S/C33H20F50O8Si2/c1-3(92(86-28(72,73)17(52,53)5(34)11(40)41,87-29(74,75)18(54,55)6(35)12(42)43)88-30(76,77)19(56,57)7(36)13(44)45)23(64)24(65,85-25(84-23,26(66,67)68)27(69,70)71)4(2)93(89-31(78,79)20(58,59)8(37)14(46)47,90-32(80,81)21(60,61)9(38)15(48)49)91-33(82,83)22(62,63)10(39)16(50)51/h3-16H,1-2H3. The Morgan fingerprint density at radius 1 is 0.247 bits per heavy atom. The van der Waals surface area contributed by atoms with Crippen molar-refractivity contribution in [1.82, 2.24) is 0 Å². The van der Waals surface area contributed by atoms with Crippen LogP contribution in [-0.4, -0.2) is 195 Å². The average molecular weight is 1550 g/mol. The molecule has 1 rings (SSSR count). The summed E-state index contributed by atoms with van der Waals surface area (Å²) in [5.41, 5.74) is -15.1. The second-order valence-corrected chi connectivity index (χ2v) is 23.0. The Labute approximate surface area is 476 Å². The molecule has 1 aliphatic rings. The maximum atomic E-state index is 18.3. The van der Waals surface area contributed by atoms with E-state index in [0.717, 1.165) is 0 Å². The van der Waals surface area contributed by atoms with E-state index < -0.39 is 220 Å². The summed E-state index contributed by atoms with van der Waals surface area (Å²) in [5.74, 6) is -79.7. The summed E-state index contributed by atoms with van der Waals surface area (Å²) in [6.45, 7) is -5.28. The Morgan fingerprint density at radius 3 is 0.462 bits per heavy atom. The molecule has 1 heterocycles. The molecule has 0 aromatic carbocycles. The fraction of sp³-hybridized carbons (Fsp3) is 1.00. The minimum Gasteiger partial charge on any atom is -0.308 e. The van der Waals surface area contributed by atoms with Crippen molar-refractivity contribution in [3.05, 3.63) is 0 Å². The number of ether oxygens (including phenoxy) is 2. The Hall–Kier alpha value is -3.39. The molecule has 0 N–H and O–H groups in total. The minimum absolute atomic E-state index is 1.87. The van der Waals surface area contributed by atoms with E-state index in [9.17, 15) is 158 Å². The molecule has 93 heavy (non-hydrogen) atoms. The summed E-state index contributed by atoms with van der Waals surface area (Å²) in [4.78, 5) is 0. The van der Waals surface area contributed by atoms with Crippen LogP contribution < -0.4 is 0 Å². The molecule has 558 valence electrons. The van der Waals surface area contributed by atoms with Gasteiger partial charge in [0.25, 0.3) is 50.3 Å². The first-order chi connectivity index (χ1) is 40.3. The van der Waals surface area contributed by atoms with Gasteiger partial charge < -0.3 is 26.6 Å². The largest absolute Gasteiger partial charge is 0.523 e. The van der Waals surface area contributed by atoms with Crippen LogP contribution in [0, 0.1) is 0 Å². The molecule has 0 aromatic rings. The summed E-state index contributed by atoms with van der Waals surface area (Å²) >= 11 is 0. The van der Waals surface area contributed by atoms with Crippen molar-refractivity contribution in [3.8, 4) is 0 Å². The van der Waals surface area contributed by atoms with E-state index in [-0.39, 0.29) is 0 Å². The molecule has 10 atom stereocenters. The molecule has 1 fully saturated rings. The lowest BCUT2D eigenvalue weighted by Gasteiger charge is -2.50. The topological polar surface area (TPSA) is 73.8 Å². The van der Waals surface area contributed by atoms with Gasteiger partial charge >= 0.3 is 108 Å². The van der Waals surface area contributed by atoms with E-state index in [4.69, 9.17) is 0 Å². The highest BCUT2D eigenvalue weighted by Crippen LogP contribution is 2.70. The summed E-state index contributed by atoms with van der Waals surface area (Å²) in [7, 11) is -24.0. The van der Waals surface area contributed by atoms with E-state index in [1.165, 1.54) is 0 Å². The Kier molecular flexibility index (Phi) is 24.8. The van der Waals surface area contributed by atoms with Gasteiger partial charge in [0.05, 0.1) is 11.1 Å². The van der Waals surface area contributed by atoms with Crippen LogP contribution in [0.1, 0.15) is 13.8 Å². The van der Waals surface area contributed by atoms with Crippen LogP contribution in [0.5, 0.6) is 0 Å². The molecule has 10 unspecified atom stereocenters. The van der Waals surface area contributed by atoms with Crippen LogP contribution in [0.25, 0.3) is 0 Å². The van der Waals surface area contributed by atoms with Crippen LogP contribution in [0.4, 0.5) is 220 Å². The number of hydrogen-bond acceptors (Lipinski definition) is 8. The first kappa shape index (κ1) is 87.6. The van der Waals surface area contributed by atoms with Crippen LogP contribution in [-0.2, 0) is 36.0 Å². The zero-order valence-electron chi connectivity index (χ0n) is 41.7. The maximum Gasteiger partial charge on any atom is 0.523 e. The number of hydrogen-bond donors (Lipinski definition) is 0. The van der Waals surface area contributed by atoms with Crippen LogP contribution in [0.2, 0.25) is 11.1 Å². The van der Waals surface area contributed by atoms with Gasteiger partial charge in [0, 0.05) is 0 Å². The van der Waals surface area contributed by atoms with Crippen LogP contribution >= 0.6 is 0 Å². The van der Waals surface area contributed by atoms with E-state index in [1.54, 1.807) is 0 Å². The molecule has 0 saturated carbocycles. The molecule has 0 amide bonds. The molecule has 0 aromatic heterocycles. The van der Waals surface area contributed by atoms with Gasteiger partial charge in [0.15, 0.2) is 0 Å². The van der Waals surface area contributed by atoms with E-state index in [1.807, 2.05) is 26.6 Å². The van der Waals surface area contributed by atoms with Gasteiger partial charge in [0.2, 0.25) is 37.0 Å². The highest BCUT2D eigenvalue weighted by Gasteiger charge is 2.95. The molecule has 60 heteroatoms. The first-order valence-corrected chi connectivity index (χ1v) is 25.1. The molecule has 0 radical (unpaired) electrons. The fourth-order valence-corrected chi connectivity index (χ4v) is 11.9. The predicted molar refractivity (Wildman–Crippen MR) is 186 cm³/mol. The Morgan fingerprint density at radius 2 is 0.366 bits per heavy atom. The molecular formula is C33H20F50O8Si2. The molecular weight excluding hydrogens is 1530 g/mol. The quantitative estimate of drug-likeness (QED) is 0.0466. The number of alkyl halides is 50. The predicted octanol–water partition coefficient (Wildman–Crippen LogP) is 16.9. The Bertz CT molecular complexity index is 2100. The van der Waals surface area contributed by atoms with Gasteiger partial charge in [-0.3, -0.25) is 9.47 Å². The monoisotopic (exact) mass is 1550 g/mol. The first-order valence-electron chi connectivity index (χ1n) is 21.5. The number of rotatable bonds is 34. The molecule has 0 spiro atoms. The summed E-state index contributed by atoms with van der Waals surface area (Å²) in [5, 5.41) is 0. The van der Waals surface area contributed by atoms with Gasteiger partial charge in [-0.2, -0.15) is 132 Å². The third kappa shape index (κ3) is 15.1. The fourth-order valence-electron chi connectivity index (χ4n) is 6.24. The zero-order valence-corrected chi connectivity index (χ0v) is 43.7. The van der Waals surface area contributed by atoms with E-state index in [2.05, 4.69) is 9.47 Å². The van der Waals surface area contributed by atoms with Crippen molar-refractivity contribution in [2.24, 2.45) is 0 Å².